The lowest BCUT2D eigenvalue weighted by Crippen LogP contribution is -2.42. The molecule has 1 aromatic rings. The van der Waals surface area contributed by atoms with Crippen molar-refractivity contribution in [2.45, 2.75) is 0 Å². The van der Waals surface area contributed by atoms with E-state index in [1.54, 1.807) is 10.6 Å². The molecule has 0 unspecified atom stereocenters. The number of nitrogens with zero attached hydrogens (tertiary/aromatic N) is 2. The van der Waals surface area contributed by atoms with E-state index in [-0.39, 0.29) is 17.3 Å². The molecule has 1 aliphatic rings. The average Bonchev–Trinajstić information content (AvgIpc) is 2.68. The van der Waals surface area contributed by atoms with Crippen molar-refractivity contribution in [2.75, 3.05) is 31.1 Å². The molecule has 1 fully saturated rings. The Labute approximate surface area is 101 Å². The summed E-state index contributed by atoms with van der Waals surface area (Å²) in [5.41, 5.74) is 0.665. The van der Waals surface area contributed by atoms with Crippen LogP contribution in [0.2, 0.25) is 0 Å². The van der Waals surface area contributed by atoms with E-state index in [0.717, 1.165) is 0 Å². The molecule has 0 saturated carbocycles. The van der Waals surface area contributed by atoms with Gasteiger partial charge in [0.2, 0.25) is 0 Å². The molecule has 0 spiro atoms. The zero-order valence-corrected chi connectivity index (χ0v) is 10.6. The zero-order valence-electron chi connectivity index (χ0n) is 9.80. The minimum atomic E-state index is -2.87. The maximum absolute atomic E-state index is 11.9. The second kappa shape index (κ2) is 4.62. The minimum Gasteiger partial charge on any atom is -0.348 e. The van der Waals surface area contributed by atoms with Gasteiger partial charge in [0.25, 0.3) is 0 Å². The summed E-state index contributed by atoms with van der Waals surface area (Å²) in [7, 11) is -1.04. The first-order chi connectivity index (χ1) is 7.98. The maximum Gasteiger partial charge on any atom is 0.193 e. The summed E-state index contributed by atoms with van der Waals surface area (Å²) in [6, 6.07) is 3.61. The summed E-state index contributed by atoms with van der Waals surface area (Å²) in [5.74, 6) is 0.359. The van der Waals surface area contributed by atoms with Gasteiger partial charge in [-0.05, 0) is 12.1 Å². The van der Waals surface area contributed by atoms with Gasteiger partial charge in [0.05, 0.1) is 23.7 Å². The van der Waals surface area contributed by atoms with E-state index in [0.29, 0.717) is 25.3 Å². The molecule has 0 aliphatic carbocycles. The van der Waals surface area contributed by atoms with E-state index in [1.807, 2.05) is 24.2 Å². The lowest BCUT2D eigenvalue weighted by molar-refractivity contribution is 0.0928. The molecule has 1 aromatic heterocycles. The molecule has 17 heavy (non-hydrogen) atoms. The summed E-state index contributed by atoms with van der Waals surface area (Å²) in [6.07, 6.45) is 1.83. The number of carbonyl (C=O) groups is 1. The van der Waals surface area contributed by atoms with Crippen LogP contribution < -0.4 is 0 Å². The third-order valence-electron chi connectivity index (χ3n) is 3.03. The van der Waals surface area contributed by atoms with Gasteiger partial charge in [-0.3, -0.25) is 9.69 Å². The van der Waals surface area contributed by atoms with Crippen molar-refractivity contribution < 1.29 is 13.2 Å². The highest BCUT2D eigenvalue weighted by Gasteiger charge is 2.23. The van der Waals surface area contributed by atoms with Gasteiger partial charge < -0.3 is 4.57 Å². The molecule has 0 N–H and O–H groups in total. The highest BCUT2D eigenvalue weighted by molar-refractivity contribution is 7.91. The number of aryl methyl sites for hydroxylation is 1. The molecule has 2 rings (SSSR count). The van der Waals surface area contributed by atoms with Crippen LogP contribution in [0.4, 0.5) is 0 Å². The summed E-state index contributed by atoms with van der Waals surface area (Å²) >= 11 is 0. The molecular formula is C11H16N2O3S. The van der Waals surface area contributed by atoms with Gasteiger partial charge in [-0.15, -0.1) is 0 Å². The van der Waals surface area contributed by atoms with Crippen LogP contribution in [0, 0.1) is 0 Å². The standard InChI is InChI=1S/C11H16N2O3S/c1-12-4-2-3-10(12)11(14)9-13-5-7-17(15,16)8-6-13/h2-4H,5-9H2,1H3. The summed E-state index contributed by atoms with van der Waals surface area (Å²) < 4.78 is 24.3. The van der Waals surface area contributed by atoms with E-state index in [2.05, 4.69) is 0 Å². The molecule has 5 nitrogen and oxygen atoms in total. The molecule has 2 heterocycles. The number of sulfone groups is 1. The number of carbonyl (C=O) groups excluding carboxylic acids is 1. The second-order valence-electron chi connectivity index (χ2n) is 4.36. The number of rotatable bonds is 3. The van der Waals surface area contributed by atoms with E-state index in [4.69, 9.17) is 0 Å². The van der Waals surface area contributed by atoms with Gasteiger partial charge in [-0.1, -0.05) is 0 Å². The van der Waals surface area contributed by atoms with E-state index < -0.39 is 9.84 Å². The zero-order chi connectivity index (χ0) is 12.5. The Morgan fingerprint density at radius 1 is 1.35 bits per heavy atom. The number of hydrogen-bond acceptors (Lipinski definition) is 4. The fraction of sp³-hybridized carbons (Fsp3) is 0.545. The smallest absolute Gasteiger partial charge is 0.193 e. The number of Topliss-reactive ketones (excluding diaryl/α,β-unsaturated/α-hetero) is 1. The second-order valence-corrected chi connectivity index (χ2v) is 6.66. The Hall–Kier alpha value is -1.14. The van der Waals surface area contributed by atoms with Crippen LogP contribution >= 0.6 is 0 Å². The number of ketones is 1. The van der Waals surface area contributed by atoms with Crippen molar-refractivity contribution in [1.29, 1.82) is 0 Å². The molecular weight excluding hydrogens is 240 g/mol. The lowest BCUT2D eigenvalue weighted by atomic mass is 10.2. The molecule has 1 aliphatic heterocycles. The van der Waals surface area contributed by atoms with Crippen molar-refractivity contribution in [3.05, 3.63) is 24.0 Å². The Morgan fingerprint density at radius 3 is 2.53 bits per heavy atom. The van der Waals surface area contributed by atoms with Crippen LogP contribution in [0.1, 0.15) is 10.5 Å². The van der Waals surface area contributed by atoms with Gasteiger partial charge in [0.15, 0.2) is 15.6 Å². The average molecular weight is 256 g/mol. The Bertz CT molecular complexity index is 505. The van der Waals surface area contributed by atoms with Crippen molar-refractivity contribution in [1.82, 2.24) is 9.47 Å². The first kappa shape index (κ1) is 12.3. The van der Waals surface area contributed by atoms with Crippen LogP contribution in [-0.2, 0) is 16.9 Å². The van der Waals surface area contributed by atoms with Crippen LogP contribution in [0.15, 0.2) is 18.3 Å². The Balaban J connectivity index is 1.95. The van der Waals surface area contributed by atoms with E-state index in [1.165, 1.54) is 0 Å². The van der Waals surface area contributed by atoms with Crippen molar-refractivity contribution in [3.63, 3.8) is 0 Å². The Kier molecular flexibility index (Phi) is 3.35. The van der Waals surface area contributed by atoms with E-state index in [9.17, 15) is 13.2 Å². The Morgan fingerprint density at radius 2 is 2.00 bits per heavy atom. The number of hydrogen-bond donors (Lipinski definition) is 0. The first-order valence-electron chi connectivity index (χ1n) is 5.55. The highest BCUT2D eigenvalue weighted by atomic mass is 32.2. The molecule has 1 saturated heterocycles. The van der Waals surface area contributed by atoms with Crippen LogP contribution in [0.3, 0.4) is 0 Å². The van der Waals surface area contributed by atoms with Crippen molar-refractivity contribution >= 4 is 15.6 Å². The van der Waals surface area contributed by atoms with Crippen molar-refractivity contribution in [2.24, 2.45) is 7.05 Å². The predicted octanol–water partition coefficient (Wildman–Crippen LogP) is -0.0618. The topological polar surface area (TPSA) is 59.4 Å². The summed E-state index contributed by atoms with van der Waals surface area (Å²) in [6.45, 7) is 1.21. The normalized spacial score (nSPS) is 20.3. The quantitative estimate of drug-likeness (QED) is 0.711. The van der Waals surface area contributed by atoms with Gasteiger partial charge in [0, 0.05) is 26.3 Å². The third kappa shape index (κ3) is 2.95. The molecule has 0 amide bonds. The molecule has 0 atom stereocenters. The van der Waals surface area contributed by atoms with Crippen LogP contribution in [-0.4, -0.2) is 54.8 Å². The maximum atomic E-state index is 11.9. The molecule has 0 bridgehead atoms. The molecule has 6 heteroatoms. The van der Waals surface area contributed by atoms with E-state index >= 15 is 0 Å². The summed E-state index contributed by atoms with van der Waals surface area (Å²) in [4.78, 5) is 13.8. The SMILES string of the molecule is Cn1cccc1C(=O)CN1CCS(=O)(=O)CC1. The van der Waals surface area contributed by atoms with Crippen molar-refractivity contribution in [3.8, 4) is 0 Å². The minimum absolute atomic E-state index is 0.0387. The van der Waals surface area contributed by atoms with Gasteiger partial charge >= 0.3 is 0 Å². The fourth-order valence-corrected chi connectivity index (χ4v) is 3.22. The monoisotopic (exact) mass is 256 g/mol. The molecule has 94 valence electrons. The molecule has 0 radical (unpaired) electrons. The molecule has 0 aromatic carbocycles. The van der Waals surface area contributed by atoms with Crippen LogP contribution in [0.5, 0.6) is 0 Å². The van der Waals surface area contributed by atoms with Crippen LogP contribution in [0.25, 0.3) is 0 Å². The van der Waals surface area contributed by atoms with Gasteiger partial charge in [0.1, 0.15) is 0 Å². The van der Waals surface area contributed by atoms with Gasteiger partial charge in [-0.25, -0.2) is 8.42 Å². The fourth-order valence-electron chi connectivity index (χ4n) is 1.94. The first-order valence-corrected chi connectivity index (χ1v) is 7.37. The lowest BCUT2D eigenvalue weighted by Gasteiger charge is -2.25. The predicted molar refractivity (Wildman–Crippen MR) is 64.8 cm³/mol. The highest BCUT2D eigenvalue weighted by Crippen LogP contribution is 2.07. The summed E-state index contributed by atoms with van der Waals surface area (Å²) in [5, 5.41) is 0. The largest absolute Gasteiger partial charge is 0.348 e. The third-order valence-corrected chi connectivity index (χ3v) is 4.64. The number of aromatic nitrogens is 1. The van der Waals surface area contributed by atoms with Gasteiger partial charge in [-0.2, -0.15) is 0 Å².